The van der Waals surface area contributed by atoms with Crippen molar-refractivity contribution in [2.75, 3.05) is 27.2 Å². The predicted octanol–water partition coefficient (Wildman–Crippen LogP) is 2.78. The third-order valence-electron chi connectivity index (χ3n) is 4.38. The van der Waals surface area contributed by atoms with Crippen LogP contribution in [0.3, 0.4) is 0 Å². The normalized spacial score (nSPS) is 19.3. The van der Waals surface area contributed by atoms with Gasteiger partial charge in [0.15, 0.2) is 0 Å². The molecule has 0 aliphatic carbocycles. The van der Waals surface area contributed by atoms with Crippen molar-refractivity contribution in [1.29, 1.82) is 0 Å². The second-order valence-corrected chi connectivity index (χ2v) is 8.87. The van der Waals surface area contributed by atoms with Crippen LogP contribution in [0.5, 0.6) is 0 Å². The highest BCUT2D eigenvalue weighted by molar-refractivity contribution is 7.86. The summed E-state index contributed by atoms with van der Waals surface area (Å²) < 4.78 is 27.7. The van der Waals surface area contributed by atoms with Gasteiger partial charge in [0.2, 0.25) is 0 Å². The molecule has 1 aliphatic heterocycles. The van der Waals surface area contributed by atoms with Gasteiger partial charge in [-0.3, -0.25) is 9.97 Å². The summed E-state index contributed by atoms with van der Waals surface area (Å²) in [5, 5.41) is 0.634. The van der Waals surface area contributed by atoms with E-state index in [0.717, 1.165) is 29.8 Å². The zero-order chi connectivity index (χ0) is 18.0. The van der Waals surface area contributed by atoms with E-state index in [4.69, 9.17) is 11.6 Å². The van der Waals surface area contributed by atoms with Gasteiger partial charge in [0.05, 0.1) is 11.4 Å². The number of halogens is 1. The molecule has 1 aliphatic rings. The Labute approximate surface area is 153 Å². The van der Waals surface area contributed by atoms with Crippen molar-refractivity contribution >= 4 is 21.8 Å². The van der Waals surface area contributed by atoms with Crippen molar-refractivity contribution in [3.05, 3.63) is 47.4 Å². The maximum Gasteiger partial charge on any atom is 0.281 e. The molecule has 8 heteroatoms. The number of piperidine rings is 1. The van der Waals surface area contributed by atoms with E-state index in [0.29, 0.717) is 18.1 Å². The number of rotatable bonds is 4. The highest BCUT2D eigenvalue weighted by Gasteiger charge is 2.32. The van der Waals surface area contributed by atoms with Crippen LogP contribution >= 0.6 is 11.6 Å². The van der Waals surface area contributed by atoms with Gasteiger partial charge in [-0.25, -0.2) is 0 Å². The van der Waals surface area contributed by atoms with Gasteiger partial charge in [-0.1, -0.05) is 23.7 Å². The molecule has 3 rings (SSSR count). The quantitative estimate of drug-likeness (QED) is 0.818. The first-order valence-corrected chi connectivity index (χ1v) is 9.91. The van der Waals surface area contributed by atoms with Crippen LogP contribution in [0.1, 0.15) is 24.5 Å². The van der Waals surface area contributed by atoms with Gasteiger partial charge in [0, 0.05) is 56.1 Å². The van der Waals surface area contributed by atoms with Crippen LogP contribution < -0.4 is 0 Å². The lowest BCUT2D eigenvalue weighted by Crippen LogP contribution is -2.45. The Morgan fingerprint density at radius 2 is 2.00 bits per heavy atom. The number of benzene rings is 1. The zero-order valence-electron chi connectivity index (χ0n) is 14.3. The summed E-state index contributed by atoms with van der Waals surface area (Å²) in [4.78, 5) is 9.02. The van der Waals surface area contributed by atoms with Crippen molar-refractivity contribution in [3.8, 4) is 11.3 Å². The summed E-state index contributed by atoms with van der Waals surface area (Å²) in [6.07, 6.45) is 4.98. The van der Waals surface area contributed by atoms with Crippen LogP contribution in [0.25, 0.3) is 11.3 Å². The summed E-state index contributed by atoms with van der Waals surface area (Å²) in [6, 6.07) is 7.48. The van der Waals surface area contributed by atoms with E-state index in [1.807, 2.05) is 24.3 Å². The minimum Gasteiger partial charge on any atom is -0.257 e. The molecular weight excluding hydrogens is 360 g/mol. The fourth-order valence-electron chi connectivity index (χ4n) is 3.11. The molecular formula is C17H21ClN4O2S. The SMILES string of the molecule is CN(C)S(=O)(=O)N1CCC[C@@H](c2nccnc2-c2cccc(Cl)c2)C1. The van der Waals surface area contributed by atoms with E-state index in [2.05, 4.69) is 9.97 Å². The van der Waals surface area contributed by atoms with E-state index in [-0.39, 0.29) is 5.92 Å². The fourth-order valence-corrected chi connectivity index (χ4v) is 4.49. The molecule has 134 valence electrons. The maximum atomic E-state index is 12.5. The summed E-state index contributed by atoms with van der Waals surface area (Å²) in [5.74, 6) is 0.00570. The lowest BCUT2D eigenvalue weighted by atomic mass is 9.92. The third-order valence-corrected chi connectivity index (χ3v) is 6.53. The van der Waals surface area contributed by atoms with Gasteiger partial charge in [0.1, 0.15) is 0 Å². The summed E-state index contributed by atoms with van der Waals surface area (Å²) in [5.41, 5.74) is 2.48. The summed E-state index contributed by atoms with van der Waals surface area (Å²) >= 11 is 6.11. The molecule has 0 spiro atoms. The second-order valence-electron chi connectivity index (χ2n) is 6.29. The summed E-state index contributed by atoms with van der Waals surface area (Å²) in [6.45, 7) is 0.941. The average molecular weight is 381 g/mol. The minimum absolute atomic E-state index is 0.00570. The van der Waals surface area contributed by atoms with Gasteiger partial charge in [-0.15, -0.1) is 0 Å². The molecule has 0 radical (unpaired) electrons. The van der Waals surface area contributed by atoms with Gasteiger partial charge < -0.3 is 0 Å². The standard InChI is InChI=1S/C17H21ClN4O2S/c1-21(2)25(23,24)22-10-4-6-14(12-22)17-16(19-8-9-20-17)13-5-3-7-15(18)11-13/h3,5,7-9,11,14H,4,6,10,12H2,1-2H3/t14-/m1/s1. The Bertz CT molecular complexity index is 857. The van der Waals surface area contributed by atoms with Gasteiger partial charge in [0.25, 0.3) is 10.2 Å². The Kier molecular flexibility index (Phi) is 5.38. The molecule has 1 aromatic heterocycles. The summed E-state index contributed by atoms with van der Waals surface area (Å²) in [7, 11) is -0.319. The molecule has 0 saturated carbocycles. The lowest BCUT2D eigenvalue weighted by molar-refractivity contribution is 0.296. The number of nitrogens with zero attached hydrogens (tertiary/aromatic N) is 4. The molecule has 1 saturated heterocycles. The molecule has 2 aromatic rings. The highest BCUT2D eigenvalue weighted by Crippen LogP contribution is 2.33. The molecule has 0 N–H and O–H groups in total. The number of hydrogen-bond donors (Lipinski definition) is 0. The van der Waals surface area contributed by atoms with E-state index in [1.165, 1.54) is 8.61 Å². The minimum atomic E-state index is -3.43. The molecule has 1 aromatic carbocycles. The molecule has 0 amide bonds. The van der Waals surface area contributed by atoms with Crippen molar-refractivity contribution in [2.24, 2.45) is 0 Å². The molecule has 0 unspecified atom stereocenters. The first kappa shape index (κ1) is 18.3. The van der Waals surface area contributed by atoms with Gasteiger partial charge >= 0.3 is 0 Å². The van der Waals surface area contributed by atoms with Crippen molar-refractivity contribution in [3.63, 3.8) is 0 Å². The van der Waals surface area contributed by atoms with Crippen LogP contribution in [0.4, 0.5) is 0 Å². The van der Waals surface area contributed by atoms with Crippen LogP contribution in [-0.2, 0) is 10.2 Å². The first-order chi connectivity index (χ1) is 11.9. The smallest absolute Gasteiger partial charge is 0.257 e. The molecule has 25 heavy (non-hydrogen) atoms. The topological polar surface area (TPSA) is 66.4 Å². The first-order valence-electron chi connectivity index (χ1n) is 8.14. The average Bonchev–Trinajstić information content (AvgIpc) is 2.61. The zero-order valence-corrected chi connectivity index (χ0v) is 15.8. The van der Waals surface area contributed by atoms with E-state index in [9.17, 15) is 8.42 Å². The predicted molar refractivity (Wildman–Crippen MR) is 98.6 cm³/mol. The van der Waals surface area contributed by atoms with Crippen molar-refractivity contribution in [1.82, 2.24) is 18.6 Å². The Balaban J connectivity index is 1.95. The van der Waals surface area contributed by atoms with Crippen LogP contribution in [0.2, 0.25) is 5.02 Å². The Morgan fingerprint density at radius 1 is 1.24 bits per heavy atom. The molecule has 1 atom stereocenters. The number of aromatic nitrogens is 2. The molecule has 6 nitrogen and oxygen atoms in total. The largest absolute Gasteiger partial charge is 0.281 e. The fraction of sp³-hybridized carbons (Fsp3) is 0.412. The van der Waals surface area contributed by atoms with E-state index in [1.54, 1.807) is 26.5 Å². The second kappa shape index (κ2) is 7.37. The molecule has 0 bridgehead atoms. The Hall–Kier alpha value is -1.54. The number of hydrogen-bond acceptors (Lipinski definition) is 4. The maximum absolute atomic E-state index is 12.5. The molecule has 2 heterocycles. The van der Waals surface area contributed by atoms with Gasteiger partial charge in [-0.2, -0.15) is 17.0 Å². The van der Waals surface area contributed by atoms with Crippen LogP contribution in [0.15, 0.2) is 36.7 Å². The van der Waals surface area contributed by atoms with Crippen LogP contribution in [0, 0.1) is 0 Å². The van der Waals surface area contributed by atoms with Crippen molar-refractivity contribution < 1.29 is 8.42 Å². The van der Waals surface area contributed by atoms with Crippen molar-refractivity contribution in [2.45, 2.75) is 18.8 Å². The van der Waals surface area contributed by atoms with E-state index >= 15 is 0 Å². The Morgan fingerprint density at radius 3 is 2.72 bits per heavy atom. The third kappa shape index (κ3) is 3.84. The van der Waals surface area contributed by atoms with Gasteiger partial charge in [-0.05, 0) is 25.0 Å². The lowest BCUT2D eigenvalue weighted by Gasteiger charge is -2.33. The van der Waals surface area contributed by atoms with Crippen LogP contribution in [-0.4, -0.2) is 54.2 Å². The highest BCUT2D eigenvalue weighted by atomic mass is 35.5. The monoisotopic (exact) mass is 380 g/mol. The molecule has 1 fully saturated rings. The van der Waals surface area contributed by atoms with E-state index < -0.39 is 10.2 Å².